The summed E-state index contributed by atoms with van der Waals surface area (Å²) in [6, 6.07) is 5.53. The predicted octanol–water partition coefficient (Wildman–Crippen LogP) is 3.14. The van der Waals surface area contributed by atoms with Crippen LogP contribution in [0.3, 0.4) is 0 Å². The van der Waals surface area contributed by atoms with Gasteiger partial charge in [0, 0.05) is 5.69 Å². The van der Waals surface area contributed by atoms with Gasteiger partial charge in [0.25, 0.3) is 0 Å². The highest BCUT2D eigenvalue weighted by Crippen LogP contribution is 2.19. The fraction of sp³-hybridized carbons (Fsp3) is 0.545. The summed E-state index contributed by atoms with van der Waals surface area (Å²) in [7, 11) is 0. The quantitative estimate of drug-likeness (QED) is 0.683. The van der Waals surface area contributed by atoms with Gasteiger partial charge in [-0.1, -0.05) is 26.8 Å². The Kier molecular flexibility index (Phi) is 3.02. The van der Waals surface area contributed by atoms with Crippen LogP contribution < -0.4 is 0 Å². The molecule has 1 aromatic heterocycles. The number of rotatable bonds is 2. The van der Waals surface area contributed by atoms with Crippen molar-refractivity contribution in [2.75, 3.05) is 0 Å². The van der Waals surface area contributed by atoms with Gasteiger partial charge in [-0.25, -0.2) is 4.39 Å². The number of alkyl halides is 1. The molecule has 72 valence electrons. The SMILES string of the molecule is CC(C)(C)Cc1cccc(CF)n1. The Morgan fingerprint density at radius 2 is 1.85 bits per heavy atom. The highest BCUT2D eigenvalue weighted by atomic mass is 19.1. The molecule has 0 saturated carbocycles. The Morgan fingerprint density at radius 1 is 1.23 bits per heavy atom. The Hall–Kier alpha value is -0.920. The number of aromatic nitrogens is 1. The second kappa shape index (κ2) is 3.86. The maximum atomic E-state index is 12.3. The van der Waals surface area contributed by atoms with Crippen LogP contribution in [0.2, 0.25) is 0 Å². The zero-order valence-corrected chi connectivity index (χ0v) is 8.47. The summed E-state index contributed by atoms with van der Waals surface area (Å²) in [5.41, 5.74) is 1.71. The van der Waals surface area contributed by atoms with Crippen molar-refractivity contribution in [2.24, 2.45) is 5.41 Å². The van der Waals surface area contributed by atoms with Crippen molar-refractivity contribution in [3.63, 3.8) is 0 Å². The van der Waals surface area contributed by atoms with E-state index in [9.17, 15) is 4.39 Å². The highest BCUT2D eigenvalue weighted by molar-refractivity contribution is 5.11. The molecule has 1 heterocycles. The van der Waals surface area contributed by atoms with Gasteiger partial charge in [-0.3, -0.25) is 4.98 Å². The lowest BCUT2D eigenvalue weighted by molar-refractivity contribution is 0.403. The summed E-state index contributed by atoms with van der Waals surface area (Å²) in [4.78, 5) is 4.20. The first-order valence-electron chi connectivity index (χ1n) is 4.52. The average Bonchev–Trinajstić information content (AvgIpc) is 2.01. The van der Waals surface area contributed by atoms with Gasteiger partial charge in [0.15, 0.2) is 0 Å². The van der Waals surface area contributed by atoms with E-state index in [2.05, 4.69) is 25.8 Å². The van der Waals surface area contributed by atoms with Crippen molar-refractivity contribution in [3.05, 3.63) is 29.6 Å². The summed E-state index contributed by atoms with van der Waals surface area (Å²) in [6.45, 7) is 5.97. The first kappa shape index (κ1) is 10.2. The van der Waals surface area contributed by atoms with E-state index in [-0.39, 0.29) is 5.41 Å². The van der Waals surface area contributed by atoms with Crippen LogP contribution in [0.1, 0.15) is 32.2 Å². The lowest BCUT2D eigenvalue weighted by Gasteiger charge is -2.17. The molecule has 0 bridgehead atoms. The van der Waals surface area contributed by atoms with Gasteiger partial charge in [-0.2, -0.15) is 0 Å². The molecule has 0 aromatic carbocycles. The summed E-state index contributed by atoms with van der Waals surface area (Å²) in [5, 5.41) is 0. The van der Waals surface area contributed by atoms with Crippen LogP contribution in [0.15, 0.2) is 18.2 Å². The van der Waals surface area contributed by atoms with Crippen molar-refractivity contribution >= 4 is 0 Å². The van der Waals surface area contributed by atoms with E-state index in [0.29, 0.717) is 5.69 Å². The number of pyridine rings is 1. The van der Waals surface area contributed by atoms with E-state index in [0.717, 1.165) is 12.1 Å². The molecule has 1 rings (SSSR count). The van der Waals surface area contributed by atoms with E-state index in [1.165, 1.54) is 0 Å². The van der Waals surface area contributed by atoms with Gasteiger partial charge in [-0.15, -0.1) is 0 Å². The third-order valence-corrected chi connectivity index (χ3v) is 1.71. The molecular weight excluding hydrogens is 165 g/mol. The number of hydrogen-bond donors (Lipinski definition) is 0. The van der Waals surface area contributed by atoms with Gasteiger partial charge < -0.3 is 0 Å². The van der Waals surface area contributed by atoms with Crippen molar-refractivity contribution in [2.45, 2.75) is 33.9 Å². The third-order valence-electron chi connectivity index (χ3n) is 1.71. The van der Waals surface area contributed by atoms with Crippen LogP contribution in [0.4, 0.5) is 4.39 Å². The molecule has 0 saturated heterocycles. The van der Waals surface area contributed by atoms with E-state index in [4.69, 9.17) is 0 Å². The van der Waals surface area contributed by atoms with Crippen LogP contribution >= 0.6 is 0 Å². The number of hydrogen-bond acceptors (Lipinski definition) is 1. The largest absolute Gasteiger partial charge is 0.255 e. The van der Waals surface area contributed by atoms with Gasteiger partial charge in [0.1, 0.15) is 6.67 Å². The zero-order chi connectivity index (χ0) is 9.90. The van der Waals surface area contributed by atoms with Crippen LogP contribution in [0.25, 0.3) is 0 Å². The summed E-state index contributed by atoms with van der Waals surface area (Å²) in [5.74, 6) is 0. The first-order valence-corrected chi connectivity index (χ1v) is 4.52. The minimum atomic E-state index is -0.474. The van der Waals surface area contributed by atoms with Gasteiger partial charge in [0.2, 0.25) is 0 Å². The summed E-state index contributed by atoms with van der Waals surface area (Å²) >= 11 is 0. The molecule has 0 aliphatic heterocycles. The van der Waals surface area contributed by atoms with Crippen LogP contribution in [0, 0.1) is 5.41 Å². The van der Waals surface area contributed by atoms with Gasteiger partial charge >= 0.3 is 0 Å². The predicted molar refractivity (Wildman–Crippen MR) is 52.2 cm³/mol. The number of nitrogens with zero attached hydrogens (tertiary/aromatic N) is 1. The zero-order valence-electron chi connectivity index (χ0n) is 8.47. The molecule has 0 unspecified atom stereocenters. The minimum Gasteiger partial charge on any atom is -0.255 e. The maximum absolute atomic E-state index is 12.3. The summed E-state index contributed by atoms with van der Waals surface area (Å²) < 4.78 is 12.3. The van der Waals surface area contributed by atoms with E-state index in [1.54, 1.807) is 6.07 Å². The van der Waals surface area contributed by atoms with Crippen molar-refractivity contribution in [3.8, 4) is 0 Å². The fourth-order valence-electron chi connectivity index (χ4n) is 1.25. The molecule has 0 spiro atoms. The minimum absolute atomic E-state index is 0.210. The molecule has 13 heavy (non-hydrogen) atoms. The Labute approximate surface area is 79.0 Å². The standard InChI is InChI=1S/C11H16FN/c1-11(2,3)7-9-5-4-6-10(8-12)13-9/h4-6H,7-8H2,1-3H3. The average molecular weight is 181 g/mol. The molecule has 1 aromatic rings. The summed E-state index contributed by atoms with van der Waals surface area (Å²) in [6.07, 6.45) is 0.890. The van der Waals surface area contributed by atoms with E-state index in [1.807, 2.05) is 12.1 Å². The lowest BCUT2D eigenvalue weighted by atomic mass is 9.90. The van der Waals surface area contributed by atoms with Crippen molar-refractivity contribution in [1.29, 1.82) is 0 Å². The smallest absolute Gasteiger partial charge is 0.131 e. The third kappa shape index (κ3) is 3.53. The topological polar surface area (TPSA) is 12.9 Å². The van der Waals surface area contributed by atoms with Gasteiger partial charge in [0.05, 0.1) is 5.69 Å². The fourth-order valence-corrected chi connectivity index (χ4v) is 1.25. The van der Waals surface area contributed by atoms with Gasteiger partial charge in [-0.05, 0) is 24.0 Å². The monoisotopic (exact) mass is 181 g/mol. The van der Waals surface area contributed by atoms with E-state index >= 15 is 0 Å². The van der Waals surface area contributed by atoms with Crippen LogP contribution in [-0.2, 0) is 13.1 Å². The Morgan fingerprint density at radius 3 is 2.38 bits per heavy atom. The van der Waals surface area contributed by atoms with Crippen LogP contribution in [0.5, 0.6) is 0 Å². The second-order valence-corrected chi connectivity index (χ2v) is 4.49. The number of halogens is 1. The molecular formula is C11H16FN. The maximum Gasteiger partial charge on any atom is 0.131 e. The molecule has 0 aliphatic rings. The van der Waals surface area contributed by atoms with E-state index < -0.39 is 6.67 Å². The van der Waals surface area contributed by atoms with Crippen molar-refractivity contribution in [1.82, 2.24) is 4.98 Å². The van der Waals surface area contributed by atoms with Crippen LogP contribution in [-0.4, -0.2) is 4.98 Å². The molecule has 2 heteroatoms. The Balaban J connectivity index is 2.78. The molecule has 0 N–H and O–H groups in total. The molecule has 0 radical (unpaired) electrons. The molecule has 0 atom stereocenters. The first-order chi connectivity index (χ1) is 6.01. The molecule has 0 fully saturated rings. The second-order valence-electron chi connectivity index (χ2n) is 4.49. The lowest BCUT2D eigenvalue weighted by Crippen LogP contribution is -2.10. The highest BCUT2D eigenvalue weighted by Gasteiger charge is 2.12. The molecule has 0 aliphatic carbocycles. The molecule has 0 amide bonds. The molecule has 1 nitrogen and oxygen atoms in total. The normalized spacial score (nSPS) is 11.7. The Bertz CT molecular complexity index is 276. The van der Waals surface area contributed by atoms with Crippen molar-refractivity contribution < 1.29 is 4.39 Å².